The highest BCUT2D eigenvalue weighted by atomic mass is 16.4. The molecule has 0 fully saturated rings. The van der Waals surface area contributed by atoms with Gasteiger partial charge in [-0.05, 0) is 42.9 Å². The Balaban J connectivity index is 3.33. The normalized spacial score (nSPS) is 13.2. The van der Waals surface area contributed by atoms with Crippen LogP contribution >= 0.6 is 0 Å². The van der Waals surface area contributed by atoms with Gasteiger partial charge in [0.15, 0.2) is 5.78 Å². The van der Waals surface area contributed by atoms with Gasteiger partial charge in [0.1, 0.15) is 5.92 Å². The van der Waals surface area contributed by atoms with Crippen molar-refractivity contribution in [2.45, 2.75) is 47.0 Å². The Kier molecular flexibility index (Phi) is 4.18. The molecule has 3 heteroatoms. The number of ketones is 1. The smallest absolute Gasteiger partial charge is 0.314 e. The monoisotopic (exact) mass is 262 g/mol. The van der Waals surface area contributed by atoms with Gasteiger partial charge in [-0.1, -0.05) is 32.9 Å². The zero-order valence-electron chi connectivity index (χ0n) is 12.5. The summed E-state index contributed by atoms with van der Waals surface area (Å²) in [5.74, 6) is -2.40. The fraction of sp³-hybridized carbons (Fsp3) is 0.500. The van der Waals surface area contributed by atoms with E-state index in [2.05, 4.69) is 20.8 Å². The van der Waals surface area contributed by atoms with Gasteiger partial charge in [-0.2, -0.15) is 0 Å². The summed E-state index contributed by atoms with van der Waals surface area (Å²) >= 11 is 0. The summed E-state index contributed by atoms with van der Waals surface area (Å²) in [4.78, 5) is 23.1. The molecule has 0 radical (unpaired) electrons. The largest absolute Gasteiger partial charge is 0.481 e. The van der Waals surface area contributed by atoms with Crippen molar-refractivity contribution in [1.82, 2.24) is 0 Å². The van der Waals surface area contributed by atoms with E-state index in [9.17, 15) is 9.59 Å². The molecule has 1 aromatic rings. The summed E-state index contributed by atoms with van der Waals surface area (Å²) < 4.78 is 0. The number of hydrogen-bond donors (Lipinski definition) is 1. The van der Waals surface area contributed by atoms with Crippen molar-refractivity contribution in [1.29, 1.82) is 0 Å². The van der Waals surface area contributed by atoms with Crippen LogP contribution < -0.4 is 0 Å². The first-order valence-electron chi connectivity index (χ1n) is 6.44. The third kappa shape index (κ3) is 3.22. The van der Waals surface area contributed by atoms with Gasteiger partial charge in [-0.25, -0.2) is 0 Å². The van der Waals surface area contributed by atoms with E-state index in [4.69, 9.17) is 5.11 Å². The molecule has 1 aromatic carbocycles. The number of aliphatic carboxylic acids is 1. The molecule has 19 heavy (non-hydrogen) atoms. The Morgan fingerprint density at radius 1 is 1.11 bits per heavy atom. The number of benzene rings is 1. The third-order valence-electron chi connectivity index (χ3n) is 3.41. The van der Waals surface area contributed by atoms with Gasteiger partial charge < -0.3 is 5.11 Å². The second-order valence-corrected chi connectivity index (χ2v) is 6.16. The number of Topliss-reactive ketones (excluding diaryl/α,β-unsaturated/α-hetero) is 1. The molecule has 0 aliphatic heterocycles. The fourth-order valence-electron chi connectivity index (χ4n) is 2.11. The van der Waals surface area contributed by atoms with Crippen molar-refractivity contribution in [3.05, 3.63) is 34.4 Å². The minimum absolute atomic E-state index is 0.00944. The molecule has 0 bridgehead atoms. The highest BCUT2D eigenvalue weighted by molar-refractivity contribution is 6.09. The number of carbonyl (C=O) groups excluding carboxylic acids is 1. The van der Waals surface area contributed by atoms with Crippen molar-refractivity contribution in [2.24, 2.45) is 5.92 Å². The number of carboxylic acids is 1. The van der Waals surface area contributed by atoms with E-state index in [1.807, 2.05) is 26.0 Å². The lowest BCUT2D eigenvalue weighted by Crippen LogP contribution is -2.23. The molecule has 0 aromatic heterocycles. The lowest BCUT2D eigenvalue weighted by atomic mass is 9.82. The van der Waals surface area contributed by atoms with Crippen LogP contribution in [-0.4, -0.2) is 16.9 Å². The van der Waals surface area contributed by atoms with Crippen LogP contribution in [0.25, 0.3) is 0 Å². The topological polar surface area (TPSA) is 54.4 Å². The Morgan fingerprint density at radius 2 is 1.53 bits per heavy atom. The highest BCUT2D eigenvalue weighted by Crippen LogP contribution is 2.28. The zero-order valence-corrected chi connectivity index (χ0v) is 12.5. The van der Waals surface area contributed by atoms with Gasteiger partial charge in [-0.15, -0.1) is 0 Å². The Labute approximate surface area is 114 Å². The molecule has 0 aliphatic rings. The average Bonchev–Trinajstić information content (AvgIpc) is 2.25. The predicted molar refractivity (Wildman–Crippen MR) is 75.7 cm³/mol. The minimum Gasteiger partial charge on any atom is -0.481 e. The lowest BCUT2D eigenvalue weighted by molar-refractivity contribution is -0.139. The quantitative estimate of drug-likeness (QED) is 0.670. The maximum absolute atomic E-state index is 12.2. The summed E-state index contributed by atoms with van der Waals surface area (Å²) in [5.41, 5.74) is 3.41. The number of aryl methyl sites for hydroxylation is 2. The van der Waals surface area contributed by atoms with Crippen LogP contribution in [0.15, 0.2) is 12.1 Å². The van der Waals surface area contributed by atoms with Gasteiger partial charge >= 0.3 is 5.97 Å². The van der Waals surface area contributed by atoms with Crippen LogP contribution in [0.1, 0.15) is 54.7 Å². The van der Waals surface area contributed by atoms with Crippen LogP contribution in [0.3, 0.4) is 0 Å². The summed E-state index contributed by atoms with van der Waals surface area (Å²) in [7, 11) is 0. The number of carboxylic acid groups (broad SMARTS) is 1. The minimum atomic E-state index is -1.08. The first-order valence-corrected chi connectivity index (χ1v) is 6.44. The molecule has 1 rings (SSSR count). The van der Waals surface area contributed by atoms with Gasteiger partial charge in [-0.3, -0.25) is 9.59 Å². The van der Waals surface area contributed by atoms with E-state index in [1.165, 1.54) is 6.92 Å². The van der Waals surface area contributed by atoms with Gasteiger partial charge in [0.05, 0.1) is 0 Å². The van der Waals surface area contributed by atoms with E-state index < -0.39 is 11.9 Å². The van der Waals surface area contributed by atoms with Crippen LogP contribution in [-0.2, 0) is 10.2 Å². The molecule has 0 amide bonds. The second kappa shape index (κ2) is 5.16. The highest BCUT2D eigenvalue weighted by Gasteiger charge is 2.26. The maximum atomic E-state index is 12.2. The van der Waals surface area contributed by atoms with Crippen molar-refractivity contribution < 1.29 is 14.7 Å². The molecule has 0 spiro atoms. The van der Waals surface area contributed by atoms with Crippen molar-refractivity contribution in [2.75, 3.05) is 0 Å². The molecule has 0 aliphatic carbocycles. The molecular formula is C16H22O3. The van der Waals surface area contributed by atoms with E-state index in [0.29, 0.717) is 5.56 Å². The van der Waals surface area contributed by atoms with Crippen LogP contribution in [0, 0.1) is 19.8 Å². The second-order valence-electron chi connectivity index (χ2n) is 6.16. The van der Waals surface area contributed by atoms with Gasteiger partial charge in [0.25, 0.3) is 0 Å². The van der Waals surface area contributed by atoms with Crippen molar-refractivity contribution in [3.8, 4) is 0 Å². The molecule has 1 atom stereocenters. The van der Waals surface area contributed by atoms with Crippen LogP contribution in [0.4, 0.5) is 0 Å². The summed E-state index contributed by atoms with van der Waals surface area (Å²) in [6, 6.07) is 3.96. The number of hydrogen-bond acceptors (Lipinski definition) is 2. The predicted octanol–water partition coefficient (Wildman–Crippen LogP) is 3.50. The average molecular weight is 262 g/mol. The van der Waals surface area contributed by atoms with Gasteiger partial charge in [0.2, 0.25) is 0 Å². The Bertz CT molecular complexity index is 498. The van der Waals surface area contributed by atoms with E-state index >= 15 is 0 Å². The molecular weight excluding hydrogens is 240 g/mol. The summed E-state index contributed by atoms with van der Waals surface area (Å²) in [6.07, 6.45) is 0. The fourth-order valence-corrected chi connectivity index (χ4v) is 2.11. The Hall–Kier alpha value is -1.64. The SMILES string of the molecule is Cc1cc(C(C)(C)C)cc(C)c1C(=O)C(C)C(=O)O. The number of rotatable bonds is 3. The molecule has 0 heterocycles. The molecule has 0 saturated carbocycles. The zero-order chi connectivity index (χ0) is 15.0. The first-order chi connectivity index (χ1) is 8.55. The van der Waals surface area contributed by atoms with Crippen molar-refractivity contribution in [3.63, 3.8) is 0 Å². The first kappa shape index (κ1) is 15.4. The molecule has 1 unspecified atom stereocenters. The molecule has 104 valence electrons. The molecule has 0 saturated heterocycles. The molecule has 1 N–H and O–H groups in total. The summed E-state index contributed by atoms with van der Waals surface area (Å²) in [5, 5.41) is 8.96. The van der Waals surface area contributed by atoms with Crippen LogP contribution in [0.5, 0.6) is 0 Å². The number of carbonyl (C=O) groups is 2. The van der Waals surface area contributed by atoms with E-state index in [-0.39, 0.29) is 11.2 Å². The van der Waals surface area contributed by atoms with Crippen LogP contribution in [0.2, 0.25) is 0 Å². The van der Waals surface area contributed by atoms with Crippen molar-refractivity contribution >= 4 is 11.8 Å². The summed E-state index contributed by atoms with van der Waals surface area (Å²) in [6.45, 7) is 11.5. The molecule has 3 nitrogen and oxygen atoms in total. The lowest BCUT2D eigenvalue weighted by Gasteiger charge is -2.22. The van der Waals surface area contributed by atoms with E-state index in [0.717, 1.165) is 16.7 Å². The third-order valence-corrected chi connectivity index (χ3v) is 3.41. The maximum Gasteiger partial charge on any atom is 0.314 e. The van der Waals surface area contributed by atoms with E-state index in [1.54, 1.807) is 0 Å². The Morgan fingerprint density at radius 3 is 1.84 bits per heavy atom. The van der Waals surface area contributed by atoms with Gasteiger partial charge in [0, 0.05) is 5.56 Å². The standard InChI is InChI=1S/C16H22O3/c1-9-7-12(16(4,5)6)8-10(2)13(9)14(17)11(3)15(18)19/h7-8,11H,1-6H3,(H,18,19).